The molecule has 2 heterocycles. The lowest BCUT2D eigenvalue weighted by Gasteiger charge is -2.21. The molecule has 0 bridgehead atoms. The first-order chi connectivity index (χ1) is 14.8. The molecule has 2 N–H and O–H groups in total. The average molecular weight is 424 g/mol. The van der Waals surface area contributed by atoms with Gasteiger partial charge in [0.2, 0.25) is 0 Å². The molecular formula is C22H34FN3O4. The van der Waals surface area contributed by atoms with E-state index in [0.717, 1.165) is 75.1 Å². The fourth-order valence-electron chi connectivity index (χ4n) is 3.62. The average Bonchev–Trinajstić information content (AvgIpc) is 2.76. The highest BCUT2D eigenvalue weighted by Gasteiger charge is 2.17. The van der Waals surface area contributed by atoms with Crippen LogP contribution in [-0.4, -0.2) is 58.8 Å². The lowest BCUT2D eigenvalue weighted by atomic mass is 10.0. The smallest absolute Gasteiger partial charge is 0.191 e. The molecular weight excluding hydrogens is 389 g/mol. The molecule has 1 fully saturated rings. The second-order valence-electron chi connectivity index (χ2n) is 7.59. The van der Waals surface area contributed by atoms with Gasteiger partial charge in [-0.15, -0.1) is 0 Å². The van der Waals surface area contributed by atoms with Gasteiger partial charge in [-0.3, -0.25) is 4.99 Å². The molecule has 0 aromatic heterocycles. The standard InChI is InChI=1S/C22H34FN3O4/c1-2-24-22(25-7-3-9-28-14-17-5-10-27-11-6-17)26-8-4-18-12-20(23)13-19-15-29-16-30-21(18)19/h12-13,17H,2-11,14-16H2,1H3,(H2,24,25,26). The number of fused-ring (bicyclic) bond motifs is 1. The third-order valence-electron chi connectivity index (χ3n) is 5.19. The van der Waals surface area contributed by atoms with E-state index in [1.54, 1.807) is 0 Å². The molecule has 30 heavy (non-hydrogen) atoms. The molecule has 0 spiro atoms. The molecule has 1 saturated heterocycles. The maximum atomic E-state index is 13.9. The van der Waals surface area contributed by atoms with E-state index < -0.39 is 0 Å². The molecule has 1 aromatic carbocycles. The summed E-state index contributed by atoms with van der Waals surface area (Å²) in [4.78, 5) is 4.60. The minimum atomic E-state index is -0.265. The van der Waals surface area contributed by atoms with Gasteiger partial charge in [0.25, 0.3) is 0 Å². The summed E-state index contributed by atoms with van der Waals surface area (Å²) >= 11 is 0. The van der Waals surface area contributed by atoms with Crippen molar-refractivity contribution < 1.29 is 23.3 Å². The lowest BCUT2D eigenvalue weighted by Crippen LogP contribution is -2.38. The summed E-state index contributed by atoms with van der Waals surface area (Å²) in [5.41, 5.74) is 1.61. The van der Waals surface area contributed by atoms with Crippen LogP contribution in [0.5, 0.6) is 5.75 Å². The van der Waals surface area contributed by atoms with E-state index in [1.807, 2.05) is 6.92 Å². The molecule has 8 heteroatoms. The summed E-state index contributed by atoms with van der Waals surface area (Å²) in [5, 5.41) is 6.56. The van der Waals surface area contributed by atoms with Crippen LogP contribution in [0.15, 0.2) is 17.1 Å². The number of aliphatic imine (C=N–C) groups is 1. The van der Waals surface area contributed by atoms with Crippen LogP contribution in [0.25, 0.3) is 0 Å². The Morgan fingerprint density at radius 3 is 2.93 bits per heavy atom. The molecule has 2 aliphatic rings. The number of halogens is 1. The third kappa shape index (κ3) is 7.41. The van der Waals surface area contributed by atoms with Crippen LogP contribution in [0.2, 0.25) is 0 Å². The first-order valence-corrected chi connectivity index (χ1v) is 11.0. The van der Waals surface area contributed by atoms with E-state index in [-0.39, 0.29) is 12.6 Å². The molecule has 2 aliphatic heterocycles. The van der Waals surface area contributed by atoms with E-state index in [9.17, 15) is 4.39 Å². The van der Waals surface area contributed by atoms with Crippen molar-refractivity contribution in [2.75, 3.05) is 52.9 Å². The maximum absolute atomic E-state index is 13.9. The van der Waals surface area contributed by atoms with Crippen molar-refractivity contribution >= 4 is 5.96 Å². The Morgan fingerprint density at radius 2 is 2.10 bits per heavy atom. The van der Waals surface area contributed by atoms with E-state index in [1.165, 1.54) is 12.1 Å². The van der Waals surface area contributed by atoms with Gasteiger partial charge < -0.3 is 29.6 Å². The molecule has 0 amide bonds. The Balaban J connectivity index is 1.38. The van der Waals surface area contributed by atoms with Crippen LogP contribution in [0, 0.1) is 11.7 Å². The van der Waals surface area contributed by atoms with Crippen LogP contribution in [0.1, 0.15) is 37.3 Å². The van der Waals surface area contributed by atoms with Crippen molar-refractivity contribution in [2.24, 2.45) is 10.9 Å². The number of ether oxygens (including phenoxy) is 4. The molecule has 7 nitrogen and oxygen atoms in total. The van der Waals surface area contributed by atoms with Crippen LogP contribution >= 0.6 is 0 Å². The van der Waals surface area contributed by atoms with Crippen molar-refractivity contribution in [1.82, 2.24) is 10.6 Å². The zero-order valence-electron chi connectivity index (χ0n) is 17.9. The monoisotopic (exact) mass is 423 g/mol. The van der Waals surface area contributed by atoms with E-state index in [0.29, 0.717) is 32.0 Å². The molecule has 1 aromatic rings. The first kappa shape index (κ1) is 22.8. The van der Waals surface area contributed by atoms with Crippen LogP contribution in [-0.2, 0) is 27.2 Å². The zero-order chi connectivity index (χ0) is 21.0. The van der Waals surface area contributed by atoms with Gasteiger partial charge in [-0.05, 0) is 56.2 Å². The summed E-state index contributed by atoms with van der Waals surface area (Å²) in [6, 6.07) is 3.01. The Labute approximate surface area is 178 Å². The maximum Gasteiger partial charge on any atom is 0.191 e. The van der Waals surface area contributed by atoms with E-state index in [4.69, 9.17) is 18.9 Å². The lowest BCUT2D eigenvalue weighted by molar-refractivity contribution is -0.0172. The van der Waals surface area contributed by atoms with Crippen LogP contribution < -0.4 is 15.4 Å². The van der Waals surface area contributed by atoms with Gasteiger partial charge in [0.15, 0.2) is 12.8 Å². The van der Waals surface area contributed by atoms with Gasteiger partial charge in [0.05, 0.1) is 6.61 Å². The minimum Gasteiger partial charge on any atom is -0.467 e. The Kier molecular flexibility index (Phi) is 9.66. The molecule has 0 unspecified atom stereocenters. The van der Waals surface area contributed by atoms with Crippen molar-refractivity contribution in [1.29, 1.82) is 0 Å². The van der Waals surface area contributed by atoms with E-state index >= 15 is 0 Å². The molecule has 0 radical (unpaired) electrons. The van der Waals surface area contributed by atoms with Gasteiger partial charge >= 0.3 is 0 Å². The first-order valence-electron chi connectivity index (χ1n) is 11.0. The van der Waals surface area contributed by atoms with Gasteiger partial charge in [0, 0.05) is 51.6 Å². The second-order valence-corrected chi connectivity index (χ2v) is 7.59. The van der Waals surface area contributed by atoms with Crippen molar-refractivity contribution in [3.05, 3.63) is 29.1 Å². The summed E-state index contributed by atoms with van der Waals surface area (Å²) in [5.74, 6) is 1.87. The molecule has 0 atom stereocenters. The number of rotatable bonds is 10. The Hall–Kier alpha value is -1.90. The minimum absolute atomic E-state index is 0.208. The SMILES string of the molecule is CCNC(=NCCCOCC1CCOCC1)NCCc1cc(F)cc2c1OCOC2. The summed E-state index contributed by atoms with van der Waals surface area (Å²) in [6.07, 6.45) is 3.71. The number of nitrogens with zero attached hydrogens (tertiary/aromatic N) is 1. The Bertz CT molecular complexity index is 681. The molecule has 0 saturated carbocycles. The fourth-order valence-corrected chi connectivity index (χ4v) is 3.62. The zero-order valence-corrected chi connectivity index (χ0v) is 17.9. The summed E-state index contributed by atoms with van der Waals surface area (Å²) in [7, 11) is 0. The van der Waals surface area contributed by atoms with Gasteiger partial charge in [-0.1, -0.05) is 0 Å². The molecule has 168 valence electrons. The highest BCUT2D eigenvalue weighted by atomic mass is 19.1. The largest absolute Gasteiger partial charge is 0.467 e. The van der Waals surface area contributed by atoms with Gasteiger partial charge in [-0.2, -0.15) is 0 Å². The number of hydrogen-bond donors (Lipinski definition) is 2. The van der Waals surface area contributed by atoms with Crippen LogP contribution in [0.4, 0.5) is 4.39 Å². The van der Waals surface area contributed by atoms with Crippen LogP contribution in [0.3, 0.4) is 0 Å². The predicted molar refractivity (Wildman–Crippen MR) is 113 cm³/mol. The van der Waals surface area contributed by atoms with Crippen molar-refractivity contribution in [2.45, 2.75) is 39.2 Å². The third-order valence-corrected chi connectivity index (χ3v) is 5.19. The number of hydrogen-bond acceptors (Lipinski definition) is 5. The van der Waals surface area contributed by atoms with E-state index in [2.05, 4.69) is 15.6 Å². The van der Waals surface area contributed by atoms with Crippen molar-refractivity contribution in [3.63, 3.8) is 0 Å². The normalized spacial score (nSPS) is 17.3. The van der Waals surface area contributed by atoms with Crippen molar-refractivity contribution in [3.8, 4) is 5.75 Å². The number of guanidine groups is 1. The number of nitrogens with one attached hydrogen (secondary N) is 2. The topological polar surface area (TPSA) is 73.3 Å². The quantitative estimate of drug-likeness (QED) is 0.342. The second kappa shape index (κ2) is 12.7. The number of benzene rings is 1. The summed E-state index contributed by atoms with van der Waals surface area (Å²) in [6.45, 7) is 7.97. The van der Waals surface area contributed by atoms with Gasteiger partial charge in [0.1, 0.15) is 11.6 Å². The molecule has 0 aliphatic carbocycles. The highest BCUT2D eigenvalue weighted by molar-refractivity contribution is 5.79. The Morgan fingerprint density at radius 1 is 1.23 bits per heavy atom. The fraction of sp³-hybridized carbons (Fsp3) is 0.682. The van der Waals surface area contributed by atoms with Gasteiger partial charge in [-0.25, -0.2) is 4.39 Å². The summed E-state index contributed by atoms with van der Waals surface area (Å²) < 4.78 is 35.8. The molecule has 3 rings (SSSR count). The predicted octanol–water partition coefficient (Wildman–Crippen LogP) is 2.62. The highest BCUT2D eigenvalue weighted by Crippen LogP contribution is 2.29.